The van der Waals surface area contributed by atoms with E-state index in [-0.39, 0.29) is 5.92 Å². The van der Waals surface area contributed by atoms with Crippen molar-refractivity contribution in [1.82, 2.24) is 0 Å². The molecule has 2 aliphatic rings. The maximum atomic E-state index is 14.7. The SMILES string of the molecule is FC1(c2ccccc2)CC2C=CC1C2. The molecule has 2 aliphatic carbocycles. The van der Waals surface area contributed by atoms with Gasteiger partial charge in [0, 0.05) is 5.92 Å². The lowest BCUT2D eigenvalue weighted by molar-refractivity contribution is 0.128. The maximum absolute atomic E-state index is 14.7. The van der Waals surface area contributed by atoms with Crippen molar-refractivity contribution >= 4 is 0 Å². The van der Waals surface area contributed by atoms with E-state index in [4.69, 9.17) is 0 Å². The third kappa shape index (κ3) is 0.985. The van der Waals surface area contributed by atoms with Crippen LogP contribution in [0.5, 0.6) is 0 Å². The average Bonchev–Trinajstić information content (AvgIpc) is 2.79. The van der Waals surface area contributed by atoms with Crippen molar-refractivity contribution in [3.8, 4) is 0 Å². The number of hydrogen-bond donors (Lipinski definition) is 0. The summed E-state index contributed by atoms with van der Waals surface area (Å²) in [5, 5.41) is 0. The average molecular weight is 188 g/mol. The van der Waals surface area contributed by atoms with E-state index in [0.29, 0.717) is 12.3 Å². The Bertz CT molecular complexity index is 368. The second-order valence-corrected chi connectivity index (χ2v) is 4.42. The second kappa shape index (κ2) is 2.69. The van der Waals surface area contributed by atoms with Gasteiger partial charge in [0.15, 0.2) is 0 Å². The summed E-state index contributed by atoms with van der Waals surface area (Å²) in [5.41, 5.74) is -0.224. The molecule has 0 heterocycles. The van der Waals surface area contributed by atoms with Gasteiger partial charge in [-0.15, -0.1) is 0 Å². The van der Waals surface area contributed by atoms with Crippen LogP contribution in [-0.2, 0) is 5.67 Å². The molecule has 0 aliphatic heterocycles. The topological polar surface area (TPSA) is 0 Å². The molecule has 0 spiro atoms. The molecule has 1 aromatic rings. The highest BCUT2D eigenvalue weighted by Crippen LogP contribution is 2.54. The number of hydrogen-bond acceptors (Lipinski definition) is 0. The molecule has 72 valence electrons. The van der Waals surface area contributed by atoms with E-state index in [1.165, 1.54) is 0 Å². The zero-order valence-electron chi connectivity index (χ0n) is 7.99. The lowest BCUT2D eigenvalue weighted by atomic mass is 9.84. The fraction of sp³-hybridized carbons (Fsp3) is 0.385. The van der Waals surface area contributed by atoms with Crippen molar-refractivity contribution in [2.24, 2.45) is 11.8 Å². The van der Waals surface area contributed by atoms with Crippen LogP contribution in [0.25, 0.3) is 0 Å². The highest BCUT2D eigenvalue weighted by atomic mass is 19.1. The Labute approximate surface area is 83.5 Å². The Morgan fingerprint density at radius 3 is 2.50 bits per heavy atom. The fourth-order valence-corrected chi connectivity index (χ4v) is 2.85. The van der Waals surface area contributed by atoms with Crippen molar-refractivity contribution < 1.29 is 4.39 Å². The Balaban J connectivity index is 2.03. The number of fused-ring (bicyclic) bond motifs is 2. The molecule has 0 aromatic heterocycles. The van der Waals surface area contributed by atoms with E-state index in [2.05, 4.69) is 12.2 Å². The van der Waals surface area contributed by atoms with Crippen molar-refractivity contribution in [1.29, 1.82) is 0 Å². The molecular weight excluding hydrogens is 175 g/mol. The molecule has 1 aromatic carbocycles. The quantitative estimate of drug-likeness (QED) is 0.592. The fourth-order valence-electron chi connectivity index (χ4n) is 2.85. The molecule has 0 N–H and O–H groups in total. The van der Waals surface area contributed by atoms with Crippen LogP contribution in [0.4, 0.5) is 4.39 Å². The highest BCUT2D eigenvalue weighted by molar-refractivity contribution is 5.30. The monoisotopic (exact) mass is 188 g/mol. The van der Waals surface area contributed by atoms with Gasteiger partial charge in [0.2, 0.25) is 0 Å². The first kappa shape index (κ1) is 8.22. The number of halogens is 1. The van der Waals surface area contributed by atoms with Crippen LogP contribution >= 0.6 is 0 Å². The normalized spacial score (nSPS) is 39.2. The molecule has 1 saturated carbocycles. The van der Waals surface area contributed by atoms with E-state index in [1.807, 2.05) is 30.3 Å². The van der Waals surface area contributed by atoms with Gasteiger partial charge in [-0.05, 0) is 24.3 Å². The summed E-state index contributed by atoms with van der Waals surface area (Å²) in [6, 6.07) is 9.61. The standard InChI is InChI=1S/C13H13F/c14-13(11-4-2-1-3-5-11)9-10-6-7-12(13)8-10/h1-7,10,12H,8-9H2. The number of alkyl halides is 1. The summed E-state index contributed by atoms with van der Waals surface area (Å²) >= 11 is 0. The summed E-state index contributed by atoms with van der Waals surface area (Å²) in [6.45, 7) is 0. The van der Waals surface area contributed by atoms with Crippen molar-refractivity contribution in [3.05, 3.63) is 48.0 Å². The Morgan fingerprint density at radius 1 is 1.14 bits per heavy atom. The van der Waals surface area contributed by atoms with Gasteiger partial charge in [0.05, 0.1) is 0 Å². The maximum Gasteiger partial charge on any atom is 0.142 e. The number of benzene rings is 1. The first-order valence-corrected chi connectivity index (χ1v) is 5.22. The summed E-state index contributed by atoms with van der Waals surface area (Å²) in [7, 11) is 0. The molecule has 3 atom stereocenters. The van der Waals surface area contributed by atoms with Crippen molar-refractivity contribution in [2.75, 3.05) is 0 Å². The molecule has 0 amide bonds. The van der Waals surface area contributed by atoms with E-state index < -0.39 is 5.67 Å². The lowest BCUT2D eigenvalue weighted by Gasteiger charge is -2.27. The minimum absolute atomic E-state index is 0.120. The third-order valence-corrected chi connectivity index (χ3v) is 3.57. The number of allylic oxidation sites excluding steroid dienone is 2. The van der Waals surface area contributed by atoms with Gasteiger partial charge in [0.1, 0.15) is 5.67 Å². The highest BCUT2D eigenvalue weighted by Gasteiger charge is 2.49. The second-order valence-electron chi connectivity index (χ2n) is 4.42. The van der Waals surface area contributed by atoms with Gasteiger partial charge in [-0.25, -0.2) is 4.39 Å². The zero-order valence-corrected chi connectivity index (χ0v) is 7.99. The van der Waals surface area contributed by atoms with E-state index in [1.54, 1.807) is 0 Å². The summed E-state index contributed by atoms with van der Waals surface area (Å²) in [6.07, 6.45) is 5.91. The molecule has 3 rings (SSSR count). The van der Waals surface area contributed by atoms with Gasteiger partial charge in [-0.1, -0.05) is 42.5 Å². The smallest absolute Gasteiger partial charge is 0.142 e. The summed E-state index contributed by atoms with van der Waals surface area (Å²) in [4.78, 5) is 0. The molecule has 3 unspecified atom stereocenters. The molecule has 1 heteroatoms. The largest absolute Gasteiger partial charge is 0.238 e. The first-order chi connectivity index (χ1) is 6.79. The van der Waals surface area contributed by atoms with Crippen LogP contribution in [0, 0.1) is 11.8 Å². The first-order valence-electron chi connectivity index (χ1n) is 5.22. The van der Waals surface area contributed by atoms with Gasteiger partial charge in [0.25, 0.3) is 0 Å². The van der Waals surface area contributed by atoms with Crippen LogP contribution in [0.15, 0.2) is 42.5 Å². The van der Waals surface area contributed by atoms with Crippen LogP contribution in [-0.4, -0.2) is 0 Å². The Morgan fingerprint density at radius 2 is 1.93 bits per heavy atom. The van der Waals surface area contributed by atoms with E-state index in [0.717, 1.165) is 12.0 Å². The van der Waals surface area contributed by atoms with Crippen LogP contribution in [0.1, 0.15) is 18.4 Å². The zero-order chi connectivity index (χ0) is 9.60. The molecule has 0 saturated heterocycles. The Kier molecular flexibility index (Phi) is 1.58. The van der Waals surface area contributed by atoms with Crippen molar-refractivity contribution in [3.63, 3.8) is 0 Å². The molecule has 2 bridgehead atoms. The van der Waals surface area contributed by atoms with Crippen LogP contribution in [0.3, 0.4) is 0 Å². The van der Waals surface area contributed by atoms with E-state index >= 15 is 0 Å². The minimum atomic E-state index is -1.08. The van der Waals surface area contributed by atoms with Gasteiger partial charge in [-0.2, -0.15) is 0 Å². The predicted octanol–water partition coefficient (Wildman–Crippen LogP) is 3.45. The molecule has 1 fully saturated rings. The molecule has 0 nitrogen and oxygen atoms in total. The molecule has 14 heavy (non-hydrogen) atoms. The molecular formula is C13H13F. The van der Waals surface area contributed by atoms with Crippen LogP contribution in [0.2, 0.25) is 0 Å². The van der Waals surface area contributed by atoms with Gasteiger partial charge < -0.3 is 0 Å². The van der Waals surface area contributed by atoms with Crippen LogP contribution < -0.4 is 0 Å². The van der Waals surface area contributed by atoms with Crippen molar-refractivity contribution in [2.45, 2.75) is 18.5 Å². The number of rotatable bonds is 1. The summed E-state index contributed by atoms with van der Waals surface area (Å²) in [5.74, 6) is 0.597. The van der Waals surface area contributed by atoms with Gasteiger partial charge in [-0.3, -0.25) is 0 Å². The lowest BCUT2D eigenvalue weighted by Crippen LogP contribution is -2.25. The predicted molar refractivity (Wildman–Crippen MR) is 54.6 cm³/mol. The summed E-state index contributed by atoms with van der Waals surface area (Å²) < 4.78 is 14.7. The third-order valence-electron chi connectivity index (χ3n) is 3.57. The van der Waals surface area contributed by atoms with E-state index in [9.17, 15) is 4.39 Å². The van der Waals surface area contributed by atoms with Gasteiger partial charge >= 0.3 is 0 Å². The minimum Gasteiger partial charge on any atom is -0.238 e. The Hall–Kier alpha value is -1.11. The molecule has 0 radical (unpaired) electrons.